The van der Waals surface area contributed by atoms with Gasteiger partial charge in [-0.1, -0.05) is 41.5 Å². The summed E-state index contributed by atoms with van der Waals surface area (Å²) < 4.78 is 0. The van der Waals surface area contributed by atoms with Gasteiger partial charge in [0.15, 0.2) is 0 Å². The van der Waals surface area contributed by atoms with E-state index in [2.05, 4.69) is 25.7 Å². The zero-order valence-corrected chi connectivity index (χ0v) is 14.4. The van der Waals surface area contributed by atoms with Crippen LogP contribution in [0.15, 0.2) is 0 Å². The zero-order valence-electron chi connectivity index (χ0n) is 14.4. The molecule has 2 rings (SSSR count). The Balaban J connectivity index is 1.80. The summed E-state index contributed by atoms with van der Waals surface area (Å²) in [5.41, 5.74) is 0.726. The minimum atomic E-state index is -0.217. The van der Waals surface area contributed by atoms with E-state index in [9.17, 15) is 4.79 Å². The highest BCUT2D eigenvalue weighted by Crippen LogP contribution is 2.48. The first-order valence-corrected chi connectivity index (χ1v) is 8.30. The topological polar surface area (TPSA) is 20.3 Å². The molecule has 2 nitrogen and oxygen atoms in total. The molecule has 1 saturated carbocycles. The van der Waals surface area contributed by atoms with E-state index >= 15 is 0 Å². The molecule has 0 bridgehead atoms. The molecule has 0 aromatic heterocycles. The Kier molecular flexibility index (Phi) is 3.99. The monoisotopic (exact) mass is 279 g/mol. The van der Waals surface area contributed by atoms with Gasteiger partial charge in [-0.2, -0.15) is 0 Å². The third kappa shape index (κ3) is 3.56. The van der Waals surface area contributed by atoms with Gasteiger partial charge in [0.1, 0.15) is 0 Å². The lowest BCUT2D eigenvalue weighted by Gasteiger charge is -2.55. The van der Waals surface area contributed by atoms with E-state index in [0.717, 1.165) is 19.0 Å². The molecule has 0 unspecified atom stereocenters. The van der Waals surface area contributed by atoms with E-state index in [4.69, 9.17) is 0 Å². The van der Waals surface area contributed by atoms with Gasteiger partial charge in [-0.25, -0.2) is 0 Å². The van der Waals surface area contributed by atoms with E-state index in [1.165, 1.54) is 32.1 Å². The van der Waals surface area contributed by atoms with Crippen LogP contribution in [0.4, 0.5) is 0 Å². The molecular weight excluding hydrogens is 246 g/mol. The second-order valence-corrected chi connectivity index (χ2v) is 9.62. The van der Waals surface area contributed by atoms with Crippen molar-refractivity contribution in [2.75, 3.05) is 13.1 Å². The summed E-state index contributed by atoms with van der Waals surface area (Å²) in [5.74, 6) is 1.24. The minimum Gasteiger partial charge on any atom is -0.341 e. The van der Waals surface area contributed by atoms with Gasteiger partial charge in [-0.3, -0.25) is 4.79 Å². The number of hydrogen-bond donors (Lipinski definition) is 0. The minimum absolute atomic E-state index is 0.217. The molecule has 1 spiro atoms. The van der Waals surface area contributed by atoms with Gasteiger partial charge in [0.2, 0.25) is 5.91 Å². The van der Waals surface area contributed by atoms with Crippen LogP contribution < -0.4 is 0 Å². The third-order valence-electron chi connectivity index (χ3n) is 5.05. The Bertz CT molecular complexity index is 356. The summed E-state index contributed by atoms with van der Waals surface area (Å²) in [6.45, 7) is 15.2. The molecule has 1 amide bonds. The Morgan fingerprint density at radius 2 is 1.55 bits per heavy atom. The van der Waals surface area contributed by atoms with Gasteiger partial charge >= 0.3 is 0 Å². The maximum absolute atomic E-state index is 12.3. The fraction of sp³-hybridized carbons (Fsp3) is 0.944. The second-order valence-electron chi connectivity index (χ2n) is 9.62. The molecular formula is C18H33NO. The molecule has 1 heterocycles. The second kappa shape index (κ2) is 5.03. The van der Waals surface area contributed by atoms with Crippen LogP contribution in [0.3, 0.4) is 0 Å². The predicted octanol–water partition coefficient (Wildman–Crippen LogP) is 4.49. The molecule has 2 aliphatic rings. The molecule has 0 N–H and O–H groups in total. The summed E-state index contributed by atoms with van der Waals surface area (Å²) in [6, 6.07) is 0. The lowest BCUT2D eigenvalue weighted by atomic mass is 9.63. The Morgan fingerprint density at radius 1 is 1.05 bits per heavy atom. The average Bonchev–Trinajstić information content (AvgIpc) is 2.23. The molecule has 2 heteroatoms. The van der Waals surface area contributed by atoms with Crippen molar-refractivity contribution in [1.29, 1.82) is 0 Å². The third-order valence-corrected chi connectivity index (χ3v) is 5.05. The van der Waals surface area contributed by atoms with E-state index < -0.39 is 0 Å². The maximum atomic E-state index is 12.3. The standard InChI is InChI=1S/C18H33NO/c1-16(2,3)11-14-7-9-18(10-8-14)12-19(13-18)15(20)17(4,5)6/h14H,7-13H2,1-6H3. The number of hydrogen-bond acceptors (Lipinski definition) is 1. The number of carbonyl (C=O) groups excluding carboxylic acids is 1. The zero-order chi connectivity index (χ0) is 15.2. The van der Waals surface area contributed by atoms with Gasteiger partial charge in [0.25, 0.3) is 0 Å². The number of likely N-dealkylation sites (tertiary alicyclic amines) is 1. The molecule has 0 aromatic carbocycles. The highest BCUT2D eigenvalue weighted by atomic mass is 16.2. The van der Waals surface area contributed by atoms with Crippen molar-refractivity contribution in [2.24, 2.45) is 22.2 Å². The highest BCUT2D eigenvalue weighted by molar-refractivity contribution is 5.82. The van der Waals surface area contributed by atoms with Gasteiger partial charge in [-0.05, 0) is 43.4 Å². The van der Waals surface area contributed by atoms with E-state index in [-0.39, 0.29) is 5.41 Å². The van der Waals surface area contributed by atoms with Crippen molar-refractivity contribution in [3.63, 3.8) is 0 Å². The molecule has 1 saturated heterocycles. The van der Waals surface area contributed by atoms with Crippen LogP contribution in [-0.2, 0) is 4.79 Å². The van der Waals surface area contributed by atoms with Crippen molar-refractivity contribution in [3.05, 3.63) is 0 Å². The summed E-state index contributed by atoms with van der Waals surface area (Å²) in [4.78, 5) is 14.3. The van der Waals surface area contributed by atoms with Gasteiger partial charge < -0.3 is 4.90 Å². The molecule has 1 aliphatic carbocycles. The fourth-order valence-electron chi connectivity index (χ4n) is 4.06. The Morgan fingerprint density at radius 3 is 1.95 bits per heavy atom. The lowest BCUT2D eigenvalue weighted by molar-refractivity contribution is -0.155. The maximum Gasteiger partial charge on any atom is 0.227 e. The Labute approximate surface area is 125 Å². The van der Waals surface area contributed by atoms with Crippen molar-refractivity contribution >= 4 is 5.91 Å². The number of amides is 1. The summed E-state index contributed by atoms with van der Waals surface area (Å²) in [5, 5.41) is 0. The van der Waals surface area contributed by atoms with Crippen molar-refractivity contribution < 1.29 is 4.79 Å². The van der Waals surface area contributed by atoms with Crippen LogP contribution in [0.25, 0.3) is 0 Å². The van der Waals surface area contributed by atoms with Gasteiger partial charge in [0, 0.05) is 23.9 Å². The molecule has 0 atom stereocenters. The first-order valence-electron chi connectivity index (χ1n) is 8.30. The first-order chi connectivity index (χ1) is 9.01. The molecule has 2 fully saturated rings. The van der Waals surface area contributed by atoms with E-state index in [1.54, 1.807) is 0 Å². The number of carbonyl (C=O) groups is 1. The van der Waals surface area contributed by atoms with Crippen molar-refractivity contribution in [2.45, 2.75) is 73.6 Å². The highest BCUT2D eigenvalue weighted by Gasteiger charge is 2.48. The summed E-state index contributed by atoms with van der Waals surface area (Å²) in [7, 11) is 0. The van der Waals surface area contributed by atoms with Crippen molar-refractivity contribution in [3.8, 4) is 0 Å². The van der Waals surface area contributed by atoms with Crippen molar-refractivity contribution in [1.82, 2.24) is 4.90 Å². The lowest BCUT2D eigenvalue weighted by Crippen LogP contribution is -2.61. The fourth-order valence-corrected chi connectivity index (χ4v) is 4.06. The largest absolute Gasteiger partial charge is 0.341 e. The predicted molar refractivity (Wildman–Crippen MR) is 84.5 cm³/mol. The smallest absolute Gasteiger partial charge is 0.227 e. The van der Waals surface area contributed by atoms with E-state index in [0.29, 0.717) is 16.7 Å². The quantitative estimate of drug-likeness (QED) is 0.692. The normalized spacial score (nSPS) is 23.8. The molecule has 20 heavy (non-hydrogen) atoms. The number of rotatable bonds is 1. The average molecular weight is 279 g/mol. The van der Waals surface area contributed by atoms with Gasteiger partial charge in [-0.15, -0.1) is 0 Å². The first kappa shape index (κ1) is 15.9. The molecule has 0 aromatic rings. The Hall–Kier alpha value is -0.530. The van der Waals surface area contributed by atoms with Gasteiger partial charge in [0.05, 0.1) is 0 Å². The summed E-state index contributed by atoms with van der Waals surface area (Å²) >= 11 is 0. The van der Waals surface area contributed by atoms with Crippen LogP contribution in [0.2, 0.25) is 0 Å². The van der Waals surface area contributed by atoms with Crippen LogP contribution in [-0.4, -0.2) is 23.9 Å². The molecule has 1 aliphatic heterocycles. The van der Waals surface area contributed by atoms with Crippen LogP contribution in [0.1, 0.15) is 73.6 Å². The molecule has 116 valence electrons. The summed E-state index contributed by atoms with van der Waals surface area (Å²) in [6.07, 6.45) is 6.76. The van der Waals surface area contributed by atoms with Crippen LogP contribution >= 0.6 is 0 Å². The molecule has 0 radical (unpaired) electrons. The SMILES string of the molecule is CC(C)(C)CC1CCC2(CC1)CN(C(=O)C(C)(C)C)C2. The van der Waals surface area contributed by atoms with Crippen LogP contribution in [0, 0.1) is 22.2 Å². The van der Waals surface area contributed by atoms with Crippen LogP contribution in [0.5, 0.6) is 0 Å². The number of nitrogens with zero attached hydrogens (tertiary/aromatic N) is 1. The van der Waals surface area contributed by atoms with E-state index in [1.807, 2.05) is 20.8 Å².